The molecule has 20 heavy (non-hydrogen) atoms. The molecule has 2 aromatic heterocycles. The molecule has 2 aromatic rings. The van der Waals surface area contributed by atoms with Crippen molar-refractivity contribution < 1.29 is 18.0 Å². The molecule has 0 radical (unpaired) electrons. The molecule has 0 saturated carbocycles. The first kappa shape index (κ1) is 14.3. The summed E-state index contributed by atoms with van der Waals surface area (Å²) in [6.45, 7) is 0. The van der Waals surface area contributed by atoms with E-state index in [-0.39, 0.29) is 17.2 Å². The second kappa shape index (κ2) is 4.78. The zero-order valence-electron chi connectivity index (χ0n) is 9.65. The number of alkyl halides is 3. The minimum atomic E-state index is -4.65. The van der Waals surface area contributed by atoms with Crippen LogP contribution >= 0.6 is 15.9 Å². The molecule has 4 N–H and O–H groups in total. The van der Waals surface area contributed by atoms with Crippen LogP contribution in [0.1, 0.15) is 16.1 Å². The minimum absolute atomic E-state index is 0.0413. The van der Waals surface area contributed by atoms with Gasteiger partial charge in [0.05, 0.1) is 10.0 Å². The van der Waals surface area contributed by atoms with E-state index in [4.69, 9.17) is 11.5 Å². The second-order valence-electron chi connectivity index (χ2n) is 3.74. The summed E-state index contributed by atoms with van der Waals surface area (Å²) in [6, 6.07) is 1.62. The molecule has 0 unspecified atom stereocenters. The van der Waals surface area contributed by atoms with Crippen molar-refractivity contribution in [1.82, 2.24) is 14.8 Å². The normalized spacial score (nSPS) is 11.6. The highest BCUT2D eigenvalue weighted by molar-refractivity contribution is 9.10. The number of rotatable bonds is 2. The van der Waals surface area contributed by atoms with Gasteiger partial charge in [-0.25, -0.2) is 9.67 Å². The average molecular weight is 350 g/mol. The molecule has 0 saturated heterocycles. The van der Waals surface area contributed by atoms with Crippen LogP contribution in [0, 0.1) is 0 Å². The molecule has 0 bridgehead atoms. The predicted octanol–water partition coefficient (Wildman–Crippen LogP) is 1.73. The molecule has 10 heteroatoms. The summed E-state index contributed by atoms with van der Waals surface area (Å²) in [4.78, 5) is 14.7. The molecule has 0 aromatic carbocycles. The molecule has 1 amide bonds. The van der Waals surface area contributed by atoms with Gasteiger partial charge in [0.25, 0.3) is 5.91 Å². The fraction of sp³-hybridized carbons (Fsp3) is 0.100. The minimum Gasteiger partial charge on any atom is -0.381 e. The zero-order valence-corrected chi connectivity index (χ0v) is 11.2. The third kappa shape index (κ3) is 2.59. The van der Waals surface area contributed by atoms with Gasteiger partial charge in [-0.3, -0.25) is 4.79 Å². The Kier molecular flexibility index (Phi) is 3.42. The highest BCUT2D eigenvalue weighted by Gasteiger charge is 2.33. The van der Waals surface area contributed by atoms with E-state index >= 15 is 0 Å². The van der Waals surface area contributed by atoms with E-state index in [0.717, 1.165) is 10.7 Å². The van der Waals surface area contributed by atoms with E-state index < -0.39 is 17.8 Å². The molecule has 0 atom stereocenters. The zero-order chi connectivity index (χ0) is 15.1. The molecule has 2 rings (SSSR count). The number of nitrogens with two attached hydrogens (primary N) is 2. The summed E-state index contributed by atoms with van der Waals surface area (Å²) in [5, 5.41) is 3.76. The maximum Gasteiger partial charge on any atom is 0.433 e. The Morgan fingerprint density at radius 3 is 2.45 bits per heavy atom. The van der Waals surface area contributed by atoms with Crippen LogP contribution in [0.5, 0.6) is 0 Å². The lowest BCUT2D eigenvalue weighted by Crippen LogP contribution is -2.19. The molecule has 6 nitrogen and oxygen atoms in total. The van der Waals surface area contributed by atoms with E-state index in [0.29, 0.717) is 10.5 Å². The van der Waals surface area contributed by atoms with Gasteiger partial charge in [-0.1, -0.05) is 0 Å². The summed E-state index contributed by atoms with van der Waals surface area (Å²) in [6.07, 6.45) is -3.37. The van der Waals surface area contributed by atoms with E-state index in [2.05, 4.69) is 26.0 Å². The van der Waals surface area contributed by atoms with Gasteiger partial charge in [0.15, 0.2) is 11.6 Å². The number of amides is 1. The van der Waals surface area contributed by atoms with Crippen molar-refractivity contribution in [3.05, 3.63) is 34.1 Å². The van der Waals surface area contributed by atoms with Crippen LogP contribution in [0.2, 0.25) is 0 Å². The number of anilines is 1. The molecule has 2 heterocycles. The first-order valence-corrected chi connectivity index (χ1v) is 5.88. The van der Waals surface area contributed by atoms with Crippen LogP contribution in [0.3, 0.4) is 0 Å². The molecule has 0 aliphatic rings. The summed E-state index contributed by atoms with van der Waals surface area (Å²) in [5.74, 6) is -1.23. The van der Waals surface area contributed by atoms with Crippen LogP contribution in [0.25, 0.3) is 5.82 Å². The molecule has 106 valence electrons. The number of hydrogen-bond acceptors (Lipinski definition) is 4. The van der Waals surface area contributed by atoms with Crippen molar-refractivity contribution in [3.8, 4) is 5.82 Å². The maximum absolute atomic E-state index is 12.7. The molecule has 0 aliphatic carbocycles. The second-order valence-corrected chi connectivity index (χ2v) is 4.59. The van der Waals surface area contributed by atoms with E-state index in [9.17, 15) is 18.0 Å². The Morgan fingerprint density at radius 1 is 1.35 bits per heavy atom. The van der Waals surface area contributed by atoms with Crippen LogP contribution < -0.4 is 11.5 Å². The van der Waals surface area contributed by atoms with Gasteiger partial charge in [0.2, 0.25) is 0 Å². The Hall–Kier alpha value is -2.10. The first-order valence-electron chi connectivity index (χ1n) is 5.09. The third-order valence-corrected chi connectivity index (χ3v) is 2.95. The van der Waals surface area contributed by atoms with Crippen LogP contribution in [0.4, 0.5) is 19.0 Å². The highest BCUT2D eigenvalue weighted by atomic mass is 79.9. The summed E-state index contributed by atoms with van der Waals surface area (Å²) < 4.78 is 39.3. The Labute approximate surface area is 118 Å². The van der Waals surface area contributed by atoms with Crippen LogP contribution in [-0.4, -0.2) is 20.7 Å². The monoisotopic (exact) mass is 349 g/mol. The number of nitrogens with zero attached hydrogens (tertiary/aromatic N) is 3. The number of primary amides is 1. The summed E-state index contributed by atoms with van der Waals surface area (Å²) in [7, 11) is 0. The lowest BCUT2D eigenvalue weighted by Gasteiger charge is -2.10. The Morgan fingerprint density at radius 2 is 2.00 bits per heavy atom. The lowest BCUT2D eigenvalue weighted by molar-refractivity contribution is -0.141. The van der Waals surface area contributed by atoms with Crippen molar-refractivity contribution >= 4 is 27.7 Å². The lowest BCUT2D eigenvalue weighted by atomic mass is 10.2. The van der Waals surface area contributed by atoms with Crippen molar-refractivity contribution in [1.29, 1.82) is 0 Å². The third-order valence-electron chi connectivity index (χ3n) is 2.34. The van der Waals surface area contributed by atoms with Crippen LogP contribution in [-0.2, 0) is 6.18 Å². The van der Waals surface area contributed by atoms with Crippen molar-refractivity contribution in [3.63, 3.8) is 0 Å². The SMILES string of the molecule is NC(=O)c1ccc(C(F)(F)F)nc1-n1cc(Br)c(N)n1. The van der Waals surface area contributed by atoms with Crippen molar-refractivity contribution in [2.24, 2.45) is 5.73 Å². The highest BCUT2D eigenvalue weighted by Crippen LogP contribution is 2.29. The number of carbonyl (C=O) groups is 1. The van der Waals surface area contributed by atoms with Crippen LogP contribution in [0.15, 0.2) is 22.8 Å². The molecule has 0 spiro atoms. The van der Waals surface area contributed by atoms with Gasteiger partial charge in [-0.15, -0.1) is 5.10 Å². The predicted molar refractivity (Wildman–Crippen MR) is 67.0 cm³/mol. The number of carbonyl (C=O) groups excluding carboxylic acids is 1. The molecule has 0 aliphatic heterocycles. The number of hydrogen-bond donors (Lipinski definition) is 2. The van der Waals surface area contributed by atoms with Gasteiger partial charge in [-0.2, -0.15) is 13.2 Å². The van der Waals surface area contributed by atoms with Crippen molar-refractivity contribution in [2.75, 3.05) is 5.73 Å². The maximum atomic E-state index is 12.7. The van der Waals surface area contributed by atoms with Gasteiger partial charge >= 0.3 is 6.18 Å². The topological polar surface area (TPSA) is 99.8 Å². The molecular weight excluding hydrogens is 343 g/mol. The number of halogens is 4. The van der Waals surface area contributed by atoms with Crippen molar-refractivity contribution in [2.45, 2.75) is 6.18 Å². The van der Waals surface area contributed by atoms with Gasteiger partial charge in [-0.05, 0) is 28.1 Å². The summed E-state index contributed by atoms with van der Waals surface area (Å²) >= 11 is 3.06. The fourth-order valence-corrected chi connectivity index (χ4v) is 1.72. The van der Waals surface area contributed by atoms with Gasteiger partial charge < -0.3 is 11.5 Å². The Balaban J connectivity index is 2.67. The fourth-order valence-electron chi connectivity index (χ4n) is 1.45. The van der Waals surface area contributed by atoms with E-state index in [1.54, 1.807) is 0 Å². The average Bonchev–Trinajstić information content (AvgIpc) is 2.67. The first-order chi connectivity index (χ1) is 9.20. The van der Waals surface area contributed by atoms with E-state index in [1.165, 1.54) is 6.20 Å². The molecular formula is C10H7BrF3N5O. The smallest absolute Gasteiger partial charge is 0.381 e. The largest absolute Gasteiger partial charge is 0.433 e. The number of aromatic nitrogens is 3. The Bertz CT molecular complexity index is 663. The quantitative estimate of drug-likeness (QED) is 0.862. The number of pyridine rings is 1. The standard InChI is InChI=1S/C10H7BrF3N5O/c11-5-3-19(18-7(5)15)9-4(8(16)20)1-2-6(17-9)10(12,13)14/h1-3H,(H2,15,18)(H2,16,20). The molecule has 0 fully saturated rings. The van der Waals surface area contributed by atoms with Gasteiger partial charge in [0, 0.05) is 6.20 Å². The van der Waals surface area contributed by atoms with Gasteiger partial charge in [0.1, 0.15) is 5.69 Å². The number of nitrogen functional groups attached to an aromatic ring is 1. The van der Waals surface area contributed by atoms with E-state index in [1.807, 2.05) is 0 Å². The summed E-state index contributed by atoms with van der Waals surface area (Å²) in [5.41, 5.74) is 9.23.